The largest absolute Gasteiger partial charge is 0.493 e. The lowest BCUT2D eigenvalue weighted by molar-refractivity contribution is -0.126. The van der Waals surface area contributed by atoms with E-state index in [1.54, 1.807) is 49.5 Å². The van der Waals surface area contributed by atoms with Crippen molar-refractivity contribution in [2.45, 2.75) is 24.4 Å². The van der Waals surface area contributed by atoms with Gasteiger partial charge in [0.05, 0.1) is 31.9 Å². The maximum absolute atomic E-state index is 12.8. The number of ether oxygens (including phenoxy) is 2. The molecule has 9 heteroatoms. The number of hydrogen-bond acceptors (Lipinski definition) is 6. The van der Waals surface area contributed by atoms with Crippen LogP contribution >= 0.6 is 0 Å². The molecule has 8 nitrogen and oxygen atoms in total. The Hall–Kier alpha value is -3.56. The normalized spacial score (nSPS) is 13.6. The molecule has 178 valence electrons. The molecule has 2 heterocycles. The molecule has 3 aromatic rings. The van der Waals surface area contributed by atoms with Crippen LogP contribution in [-0.2, 0) is 34.3 Å². The quantitative estimate of drug-likeness (QED) is 0.495. The van der Waals surface area contributed by atoms with Gasteiger partial charge < -0.3 is 18.8 Å². The van der Waals surface area contributed by atoms with E-state index in [-0.39, 0.29) is 17.3 Å². The fourth-order valence-corrected chi connectivity index (χ4v) is 4.76. The fraction of sp³-hybridized carbons (Fsp3) is 0.240. The summed E-state index contributed by atoms with van der Waals surface area (Å²) in [6.07, 6.45) is 5.40. The fourth-order valence-electron chi connectivity index (χ4n) is 3.76. The minimum Gasteiger partial charge on any atom is -0.493 e. The van der Waals surface area contributed by atoms with E-state index in [4.69, 9.17) is 13.9 Å². The standard InChI is InChI=1S/C25H26N2O6S/c1-31-23-14-19-11-12-27(17-20(19)15-24(23)32-2)25(28)10-7-18-5-8-22(9-6-18)34(29,30)26-16-21-4-3-13-33-21/h3-10,13-15,26H,11-12,16-17H2,1-2H3/b10-7+. The first kappa shape index (κ1) is 23.6. The van der Waals surface area contributed by atoms with Crippen LogP contribution < -0.4 is 14.2 Å². The summed E-state index contributed by atoms with van der Waals surface area (Å²) >= 11 is 0. The van der Waals surface area contributed by atoms with Crippen molar-refractivity contribution < 1.29 is 27.1 Å². The number of carbonyl (C=O) groups excluding carboxylic acids is 1. The van der Waals surface area contributed by atoms with Gasteiger partial charge >= 0.3 is 0 Å². The van der Waals surface area contributed by atoms with Crippen LogP contribution in [0.1, 0.15) is 22.5 Å². The number of nitrogens with one attached hydrogen (secondary N) is 1. The minimum absolute atomic E-state index is 0.0725. The molecular formula is C25H26N2O6S. The van der Waals surface area contributed by atoms with E-state index in [9.17, 15) is 13.2 Å². The van der Waals surface area contributed by atoms with Gasteiger partial charge in [0.25, 0.3) is 0 Å². The summed E-state index contributed by atoms with van der Waals surface area (Å²) in [4.78, 5) is 14.7. The summed E-state index contributed by atoms with van der Waals surface area (Å²) in [5.41, 5.74) is 2.90. The summed E-state index contributed by atoms with van der Waals surface area (Å²) in [5, 5.41) is 0. The summed E-state index contributed by atoms with van der Waals surface area (Å²) in [6, 6.07) is 13.6. The van der Waals surface area contributed by atoms with Crippen molar-refractivity contribution in [1.82, 2.24) is 9.62 Å². The maximum Gasteiger partial charge on any atom is 0.246 e. The molecule has 34 heavy (non-hydrogen) atoms. The van der Waals surface area contributed by atoms with Crippen LogP contribution in [0.25, 0.3) is 6.08 Å². The van der Waals surface area contributed by atoms with Crippen molar-refractivity contribution in [3.8, 4) is 11.5 Å². The van der Waals surface area contributed by atoms with Crippen LogP contribution in [-0.4, -0.2) is 40.0 Å². The molecule has 0 bridgehead atoms. The zero-order chi connectivity index (χ0) is 24.1. The number of furan rings is 1. The van der Waals surface area contributed by atoms with Gasteiger partial charge in [-0.3, -0.25) is 4.79 Å². The first-order valence-electron chi connectivity index (χ1n) is 10.7. The van der Waals surface area contributed by atoms with E-state index in [0.29, 0.717) is 30.3 Å². The Morgan fingerprint density at radius 1 is 1.09 bits per heavy atom. The summed E-state index contributed by atoms with van der Waals surface area (Å²) in [6.45, 7) is 1.16. The summed E-state index contributed by atoms with van der Waals surface area (Å²) < 4.78 is 43.3. The number of methoxy groups -OCH3 is 2. The van der Waals surface area contributed by atoms with Crippen molar-refractivity contribution in [1.29, 1.82) is 0 Å². The smallest absolute Gasteiger partial charge is 0.246 e. The lowest BCUT2D eigenvalue weighted by Gasteiger charge is -2.28. The highest BCUT2D eigenvalue weighted by molar-refractivity contribution is 7.89. The molecule has 1 N–H and O–H groups in total. The van der Waals surface area contributed by atoms with Gasteiger partial charge in [0.15, 0.2) is 11.5 Å². The minimum atomic E-state index is -3.67. The Kier molecular flexibility index (Phi) is 7.04. The van der Waals surface area contributed by atoms with Crippen LogP contribution in [0.5, 0.6) is 11.5 Å². The van der Waals surface area contributed by atoms with Crippen molar-refractivity contribution in [2.75, 3.05) is 20.8 Å². The molecule has 0 saturated carbocycles. The van der Waals surface area contributed by atoms with E-state index < -0.39 is 10.0 Å². The molecule has 0 atom stereocenters. The molecule has 0 unspecified atom stereocenters. The van der Waals surface area contributed by atoms with Gasteiger partial charge in [-0.05, 0) is 65.6 Å². The third-order valence-electron chi connectivity index (χ3n) is 5.66. The number of sulfonamides is 1. The van der Waals surface area contributed by atoms with Gasteiger partial charge in [0.1, 0.15) is 5.76 Å². The predicted octanol–water partition coefficient (Wildman–Crippen LogP) is 3.37. The average Bonchev–Trinajstić information content (AvgIpc) is 3.39. The Labute approximate surface area is 198 Å². The number of benzene rings is 2. The van der Waals surface area contributed by atoms with Crippen LogP contribution in [0, 0.1) is 0 Å². The Balaban J connectivity index is 1.38. The van der Waals surface area contributed by atoms with Crippen LogP contribution in [0.4, 0.5) is 0 Å². The first-order chi connectivity index (χ1) is 16.4. The maximum atomic E-state index is 12.8. The van der Waals surface area contributed by atoms with E-state index in [2.05, 4.69) is 4.72 Å². The third-order valence-corrected chi connectivity index (χ3v) is 7.07. The summed E-state index contributed by atoms with van der Waals surface area (Å²) in [5.74, 6) is 1.74. The van der Waals surface area contributed by atoms with Crippen LogP contribution in [0.2, 0.25) is 0 Å². The van der Waals surface area contributed by atoms with Gasteiger partial charge in [-0.1, -0.05) is 12.1 Å². The lowest BCUT2D eigenvalue weighted by atomic mass is 9.98. The number of carbonyl (C=O) groups is 1. The predicted molar refractivity (Wildman–Crippen MR) is 127 cm³/mol. The molecule has 0 spiro atoms. The second-order valence-electron chi connectivity index (χ2n) is 7.79. The number of fused-ring (bicyclic) bond motifs is 1. The highest BCUT2D eigenvalue weighted by atomic mass is 32.2. The van der Waals surface area contributed by atoms with E-state index >= 15 is 0 Å². The topological polar surface area (TPSA) is 98.1 Å². The molecule has 1 amide bonds. The number of hydrogen-bond donors (Lipinski definition) is 1. The SMILES string of the molecule is COc1cc2c(cc1OC)CN(C(=O)/C=C/c1ccc(S(=O)(=O)NCc3ccco3)cc1)CC2. The van der Waals surface area contributed by atoms with Crippen molar-refractivity contribution in [3.63, 3.8) is 0 Å². The highest BCUT2D eigenvalue weighted by Gasteiger charge is 2.21. The number of rotatable bonds is 8. The zero-order valence-corrected chi connectivity index (χ0v) is 19.8. The van der Waals surface area contributed by atoms with Gasteiger partial charge in [0, 0.05) is 19.2 Å². The average molecular weight is 483 g/mol. The molecule has 2 aromatic carbocycles. The van der Waals surface area contributed by atoms with Gasteiger partial charge in [-0.25, -0.2) is 13.1 Å². The lowest BCUT2D eigenvalue weighted by Crippen LogP contribution is -2.34. The van der Waals surface area contributed by atoms with E-state index in [0.717, 1.165) is 23.1 Å². The van der Waals surface area contributed by atoms with Crippen LogP contribution in [0.3, 0.4) is 0 Å². The Morgan fingerprint density at radius 2 is 1.79 bits per heavy atom. The molecule has 1 aromatic heterocycles. The molecule has 1 aliphatic heterocycles. The van der Waals surface area contributed by atoms with Crippen molar-refractivity contribution >= 4 is 22.0 Å². The molecule has 1 aliphatic rings. The second-order valence-corrected chi connectivity index (χ2v) is 9.56. The molecule has 0 aliphatic carbocycles. The van der Waals surface area contributed by atoms with Crippen LogP contribution in [0.15, 0.2) is 70.2 Å². The molecule has 4 rings (SSSR count). The monoisotopic (exact) mass is 482 g/mol. The highest BCUT2D eigenvalue weighted by Crippen LogP contribution is 2.33. The molecule has 0 saturated heterocycles. The zero-order valence-electron chi connectivity index (χ0n) is 19.0. The molecule has 0 radical (unpaired) electrons. The number of nitrogens with zero attached hydrogens (tertiary/aromatic N) is 1. The van der Waals surface area contributed by atoms with Crippen molar-refractivity contribution in [3.05, 3.63) is 83.3 Å². The number of amides is 1. The molecule has 0 fully saturated rings. The Bertz CT molecular complexity index is 1280. The first-order valence-corrected chi connectivity index (χ1v) is 12.2. The molecular weight excluding hydrogens is 456 g/mol. The summed E-state index contributed by atoms with van der Waals surface area (Å²) in [7, 11) is -0.477. The van der Waals surface area contributed by atoms with E-state index in [1.807, 2.05) is 12.1 Å². The van der Waals surface area contributed by atoms with Gasteiger partial charge in [-0.15, -0.1) is 0 Å². The van der Waals surface area contributed by atoms with E-state index in [1.165, 1.54) is 24.5 Å². The second kappa shape index (κ2) is 10.1. The van der Waals surface area contributed by atoms with Gasteiger partial charge in [0.2, 0.25) is 15.9 Å². The van der Waals surface area contributed by atoms with Gasteiger partial charge in [-0.2, -0.15) is 0 Å². The third kappa shape index (κ3) is 5.32. The Morgan fingerprint density at radius 3 is 2.44 bits per heavy atom. The van der Waals surface area contributed by atoms with Crippen molar-refractivity contribution in [2.24, 2.45) is 0 Å².